The average molecular weight is 433 g/mol. The van der Waals surface area contributed by atoms with Crippen molar-refractivity contribution in [2.45, 2.75) is 31.1 Å². The quantitative estimate of drug-likeness (QED) is 0.581. The summed E-state index contributed by atoms with van der Waals surface area (Å²) in [6, 6.07) is 6.33. The van der Waals surface area contributed by atoms with Gasteiger partial charge in [0.15, 0.2) is 5.82 Å². The van der Waals surface area contributed by atoms with Gasteiger partial charge in [-0.1, -0.05) is 11.6 Å². The number of ether oxygens (including phenoxy) is 1. The molecule has 2 fully saturated rings. The van der Waals surface area contributed by atoms with E-state index in [1.807, 2.05) is 30.1 Å². The normalized spacial score (nSPS) is 22.1. The van der Waals surface area contributed by atoms with Crippen LogP contribution in [0.4, 0.5) is 5.82 Å². The highest BCUT2D eigenvalue weighted by Gasteiger charge is 2.26. The third-order valence-electron chi connectivity index (χ3n) is 5.39. The molecule has 2 atom stereocenters. The number of fused-ring (bicyclic) bond motifs is 1. The number of aromatic nitrogens is 4. The highest BCUT2D eigenvalue weighted by molar-refractivity contribution is 7.99. The second kappa shape index (κ2) is 8.47. The van der Waals surface area contributed by atoms with Crippen molar-refractivity contribution in [3.63, 3.8) is 0 Å². The van der Waals surface area contributed by atoms with Crippen molar-refractivity contribution in [3.05, 3.63) is 35.2 Å². The summed E-state index contributed by atoms with van der Waals surface area (Å²) in [7, 11) is 0. The van der Waals surface area contributed by atoms with E-state index in [9.17, 15) is 0 Å². The fraction of sp³-hybridized carbons (Fsp3) is 0.450. The predicted octanol–water partition coefficient (Wildman–Crippen LogP) is 4.63. The number of pyridine rings is 1. The van der Waals surface area contributed by atoms with Crippen LogP contribution in [-0.2, 0) is 4.74 Å². The summed E-state index contributed by atoms with van der Waals surface area (Å²) in [6.45, 7) is 4.46. The van der Waals surface area contributed by atoms with Crippen LogP contribution >= 0.6 is 23.4 Å². The first-order chi connectivity index (χ1) is 13.7. The molecule has 0 amide bonds. The van der Waals surface area contributed by atoms with Crippen LogP contribution in [-0.4, -0.2) is 51.5 Å². The third-order valence-corrected chi connectivity index (χ3v) is 6.99. The second-order valence-corrected chi connectivity index (χ2v) is 9.02. The fourth-order valence-corrected chi connectivity index (χ4v) is 5.39. The lowest BCUT2D eigenvalue weighted by atomic mass is 10.1. The monoisotopic (exact) mass is 432 g/mol. The van der Waals surface area contributed by atoms with Gasteiger partial charge < -0.3 is 20.8 Å². The molecule has 0 saturated carbocycles. The number of nitrogens with one attached hydrogen (secondary N) is 1. The van der Waals surface area contributed by atoms with Gasteiger partial charge in [0.25, 0.3) is 0 Å². The van der Waals surface area contributed by atoms with Gasteiger partial charge >= 0.3 is 0 Å². The maximum absolute atomic E-state index is 6.29. The fourth-order valence-electron chi connectivity index (χ4n) is 3.95. The standard InChI is InChI=1S/C20H22ClN5OS.H3N/c1-12-11-27-7-6-26(12)18-10-15(16-3-2-8-28-16)23-20(25-18)14-9-17(21)24-19-13(14)4-5-22-19;/h4-5,9-10,12,16H,2-3,6-8,11H2,1H3,(H,22,24);1H3. The third kappa shape index (κ3) is 3.94. The minimum Gasteiger partial charge on any atom is -0.377 e. The predicted molar refractivity (Wildman–Crippen MR) is 119 cm³/mol. The minimum absolute atomic E-state index is 0. The zero-order chi connectivity index (χ0) is 19.1. The summed E-state index contributed by atoms with van der Waals surface area (Å²) < 4.78 is 5.62. The summed E-state index contributed by atoms with van der Waals surface area (Å²) in [4.78, 5) is 19.8. The Morgan fingerprint density at radius 2 is 2.17 bits per heavy atom. The molecule has 3 aromatic rings. The van der Waals surface area contributed by atoms with Gasteiger partial charge in [0.05, 0.1) is 24.9 Å². The van der Waals surface area contributed by atoms with E-state index in [2.05, 4.69) is 27.9 Å². The number of morpholine rings is 1. The molecule has 7 nitrogen and oxygen atoms in total. The topological polar surface area (TPSA) is 102 Å². The first-order valence-corrected chi connectivity index (χ1v) is 11.1. The number of hydrogen-bond donors (Lipinski definition) is 2. The number of rotatable bonds is 3. The molecule has 0 bridgehead atoms. The highest BCUT2D eigenvalue weighted by Crippen LogP contribution is 2.41. The Kier molecular flexibility index (Phi) is 5.96. The molecule has 5 rings (SSSR count). The molecular weight excluding hydrogens is 408 g/mol. The van der Waals surface area contributed by atoms with Crippen LogP contribution in [0.5, 0.6) is 0 Å². The molecule has 29 heavy (non-hydrogen) atoms. The minimum atomic E-state index is 0. The Morgan fingerprint density at radius 3 is 2.97 bits per heavy atom. The Morgan fingerprint density at radius 1 is 1.28 bits per heavy atom. The number of thioether (sulfide) groups is 1. The first-order valence-electron chi connectivity index (χ1n) is 9.68. The van der Waals surface area contributed by atoms with Gasteiger partial charge in [-0.15, -0.1) is 0 Å². The molecule has 5 heterocycles. The lowest BCUT2D eigenvalue weighted by molar-refractivity contribution is 0.0985. The summed E-state index contributed by atoms with van der Waals surface area (Å²) in [5.41, 5.74) is 2.79. The van der Waals surface area contributed by atoms with E-state index in [4.69, 9.17) is 26.3 Å². The van der Waals surface area contributed by atoms with Gasteiger partial charge in [-0.2, -0.15) is 11.8 Å². The number of hydrogen-bond acceptors (Lipinski definition) is 7. The molecule has 0 aliphatic carbocycles. The van der Waals surface area contributed by atoms with E-state index in [0.29, 0.717) is 16.2 Å². The SMILES string of the molecule is CC1COCCN1c1cc(C2CCCS2)nc(-c2cc(Cl)nc3[nH]ccc23)n1.N. The molecule has 0 aromatic carbocycles. The van der Waals surface area contributed by atoms with Gasteiger partial charge in [-0.05, 0) is 37.7 Å². The molecule has 3 aromatic heterocycles. The molecule has 9 heteroatoms. The van der Waals surface area contributed by atoms with E-state index in [0.717, 1.165) is 54.3 Å². The van der Waals surface area contributed by atoms with E-state index in [1.54, 1.807) is 0 Å². The molecule has 154 valence electrons. The summed E-state index contributed by atoms with van der Waals surface area (Å²) >= 11 is 8.28. The summed E-state index contributed by atoms with van der Waals surface area (Å²) in [5.74, 6) is 2.88. The molecule has 2 saturated heterocycles. The lowest BCUT2D eigenvalue weighted by Crippen LogP contribution is -2.44. The maximum Gasteiger partial charge on any atom is 0.162 e. The zero-order valence-corrected chi connectivity index (χ0v) is 18.0. The van der Waals surface area contributed by atoms with Crippen molar-refractivity contribution in [2.75, 3.05) is 30.4 Å². The van der Waals surface area contributed by atoms with E-state index in [1.165, 1.54) is 12.2 Å². The van der Waals surface area contributed by atoms with Crippen molar-refractivity contribution in [3.8, 4) is 11.4 Å². The van der Waals surface area contributed by atoms with Crippen LogP contribution < -0.4 is 11.1 Å². The van der Waals surface area contributed by atoms with Crippen molar-refractivity contribution in [1.29, 1.82) is 0 Å². The van der Waals surface area contributed by atoms with E-state index in [-0.39, 0.29) is 12.2 Å². The molecular formula is C20H25ClN6OS. The Bertz CT molecular complexity index is 1010. The smallest absolute Gasteiger partial charge is 0.162 e. The van der Waals surface area contributed by atoms with Gasteiger partial charge in [-0.3, -0.25) is 0 Å². The van der Waals surface area contributed by atoms with E-state index < -0.39 is 0 Å². The number of halogens is 1. The Labute approximate surface area is 179 Å². The zero-order valence-electron chi connectivity index (χ0n) is 16.4. The van der Waals surface area contributed by atoms with Crippen molar-refractivity contribution < 1.29 is 4.74 Å². The van der Waals surface area contributed by atoms with Crippen LogP contribution in [0.15, 0.2) is 24.4 Å². The number of H-pyrrole nitrogens is 1. The van der Waals surface area contributed by atoms with Crippen molar-refractivity contribution in [1.82, 2.24) is 26.1 Å². The molecule has 0 radical (unpaired) electrons. The van der Waals surface area contributed by atoms with Crippen LogP contribution in [0.25, 0.3) is 22.4 Å². The van der Waals surface area contributed by atoms with Crippen LogP contribution in [0.3, 0.4) is 0 Å². The highest BCUT2D eigenvalue weighted by atomic mass is 35.5. The molecule has 2 aliphatic rings. The van der Waals surface area contributed by atoms with Crippen LogP contribution in [0, 0.1) is 0 Å². The first kappa shape index (κ1) is 20.4. The number of aromatic amines is 1. The molecule has 0 spiro atoms. The summed E-state index contributed by atoms with van der Waals surface area (Å²) in [5, 5.41) is 1.85. The van der Waals surface area contributed by atoms with Crippen LogP contribution in [0.1, 0.15) is 30.7 Å². The van der Waals surface area contributed by atoms with Gasteiger partial charge in [0.1, 0.15) is 16.6 Å². The van der Waals surface area contributed by atoms with E-state index >= 15 is 0 Å². The molecule has 2 aliphatic heterocycles. The number of nitrogens with zero attached hydrogens (tertiary/aromatic N) is 4. The Balaban J connectivity index is 0.00000205. The maximum atomic E-state index is 6.29. The molecule has 2 unspecified atom stereocenters. The van der Waals surface area contributed by atoms with Gasteiger partial charge in [-0.25, -0.2) is 15.0 Å². The van der Waals surface area contributed by atoms with Crippen molar-refractivity contribution in [2.24, 2.45) is 0 Å². The largest absolute Gasteiger partial charge is 0.377 e. The van der Waals surface area contributed by atoms with Gasteiger partial charge in [0.2, 0.25) is 0 Å². The Hall–Kier alpha value is -1.87. The summed E-state index contributed by atoms with van der Waals surface area (Å²) in [6.07, 6.45) is 4.27. The second-order valence-electron chi connectivity index (χ2n) is 7.33. The number of anilines is 1. The van der Waals surface area contributed by atoms with Crippen LogP contribution in [0.2, 0.25) is 5.15 Å². The van der Waals surface area contributed by atoms with Crippen molar-refractivity contribution >= 4 is 40.2 Å². The lowest BCUT2D eigenvalue weighted by Gasteiger charge is -2.34. The van der Waals surface area contributed by atoms with Gasteiger partial charge in [0, 0.05) is 35.0 Å². The molecule has 4 N–H and O–H groups in total. The average Bonchev–Trinajstić information content (AvgIpc) is 3.39.